The van der Waals surface area contributed by atoms with E-state index in [1.165, 1.54) is 24.1 Å². The van der Waals surface area contributed by atoms with Gasteiger partial charge in [0.05, 0.1) is 0 Å². The Hall–Kier alpha value is -1.09. The van der Waals surface area contributed by atoms with Crippen molar-refractivity contribution in [2.75, 3.05) is 11.9 Å². The van der Waals surface area contributed by atoms with Crippen molar-refractivity contribution in [1.82, 2.24) is 10.3 Å². The highest BCUT2D eigenvalue weighted by molar-refractivity contribution is 5.49. The summed E-state index contributed by atoms with van der Waals surface area (Å²) < 4.78 is 0. The number of rotatable bonds is 7. The van der Waals surface area contributed by atoms with Crippen LogP contribution in [0.15, 0.2) is 18.5 Å². The van der Waals surface area contributed by atoms with E-state index >= 15 is 0 Å². The molecule has 19 heavy (non-hydrogen) atoms. The summed E-state index contributed by atoms with van der Waals surface area (Å²) in [4.78, 5) is 4.23. The third-order valence-corrected chi connectivity index (χ3v) is 3.45. The molecule has 0 aliphatic rings. The van der Waals surface area contributed by atoms with E-state index in [0.717, 1.165) is 19.0 Å². The van der Waals surface area contributed by atoms with Crippen molar-refractivity contribution < 1.29 is 0 Å². The van der Waals surface area contributed by atoms with Crippen LogP contribution < -0.4 is 10.6 Å². The first-order valence-electron chi connectivity index (χ1n) is 7.38. The van der Waals surface area contributed by atoms with Gasteiger partial charge in [-0.15, -0.1) is 0 Å². The number of nitrogens with zero attached hydrogens (tertiary/aromatic N) is 1. The maximum atomic E-state index is 4.23. The van der Waals surface area contributed by atoms with Crippen LogP contribution in [-0.4, -0.2) is 17.1 Å². The number of hydrogen-bond donors (Lipinski definition) is 2. The predicted octanol–water partition coefficient (Wildman–Crippen LogP) is 3.82. The van der Waals surface area contributed by atoms with E-state index in [2.05, 4.69) is 56.3 Å². The van der Waals surface area contributed by atoms with Gasteiger partial charge in [0.25, 0.3) is 0 Å². The maximum absolute atomic E-state index is 4.23. The van der Waals surface area contributed by atoms with Gasteiger partial charge in [-0.05, 0) is 32.8 Å². The van der Waals surface area contributed by atoms with Crippen LogP contribution in [-0.2, 0) is 6.54 Å². The number of nitrogens with one attached hydrogen (secondary N) is 2. The predicted molar refractivity (Wildman–Crippen MR) is 83.4 cm³/mol. The van der Waals surface area contributed by atoms with Gasteiger partial charge < -0.3 is 10.6 Å². The van der Waals surface area contributed by atoms with Gasteiger partial charge in [0, 0.05) is 42.3 Å². The lowest BCUT2D eigenvalue weighted by atomic mass is 10.0. The van der Waals surface area contributed by atoms with Gasteiger partial charge in [-0.25, -0.2) is 0 Å². The molecule has 2 N–H and O–H groups in total. The van der Waals surface area contributed by atoms with Gasteiger partial charge in [-0.1, -0.05) is 26.7 Å². The Labute approximate surface area is 118 Å². The smallest absolute Gasteiger partial charge is 0.0416 e. The molecular weight excluding hydrogens is 234 g/mol. The van der Waals surface area contributed by atoms with Crippen molar-refractivity contribution >= 4 is 5.69 Å². The summed E-state index contributed by atoms with van der Waals surface area (Å²) in [6.07, 6.45) is 6.26. The van der Waals surface area contributed by atoms with Crippen LogP contribution in [0.1, 0.15) is 53.0 Å². The van der Waals surface area contributed by atoms with Crippen LogP contribution in [0, 0.1) is 5.92 Å². The fraction of sp³-hybridized carbons (Fsp3) is 0.688. The first-order valence-corrected chi connectivity index (χ1v) is 7.38. The van der Waals surface area contributed by atoms with Crippen LogP contribution in [0.3, 0.4) is 0 Å². The Morgan fingerprint density at radius 1 is 1.21 bits per heavy atom. The minimum Gasteiger partial charge on any atom is -0.384 e. The molecule has 108 valence electrons. The third kappa shape index (κ3) is 6.06. The van der Waals surface area contributed by atoms with Gasteiger partial charge in [-0.3, -0.25) is 4.98 Å². The lowest BCUT2D eigenvalue weighted by molar-refractivity contribution is 0.424. The molecule has 0 unspecified atom stereocenters. The van der Waals surface area contributed by atoms with Crippen molar-refractivity contribution in [2.24, 2.45) is 5.92 Å². The fourth-order valence-electron chi connectivity index (χ4n) is 1.93. The van der Waals surface area contributed by atoms with Crippen molar-refractivity contribution in [3.63, 3.8) is 0 Å². The molecule has 0 fully saturated rings. The molecule has 3 heteroatoms. The van der Waals surface area contributed by atoms with E-state index < -0.39 is 0 Å². The molecule has 0 saturated heterocycles. The van der Waals surface area contributed by atoms with Gasteiger partial charge in [-0.2, -0.15) is 0 Å². The summed E-state index contributed by atoms with van der Waals surface area (Å²) in [5, 5.41) is 7.09. The highest BCUT2D eigenvalue weighted by Gasteiger charge is 2.11. The van der Waals surface area contributed by atoms with Gasteiger partial charge >= 0.3 is 0 Å². The molecule has 1 aromatic heterocycles. The zero-order valence-electron chi connectivity index (χ0n) is 13.1. The number of anilines is 1. The molecule has 3 nitrogen and oxygen atoms in total. The van der Waals surface area contributed by atoms with Gasteiger partial charge in [0.15, 0.2) is 0 Å². The van der Waals surface area contributed by atoms with Gasteiger partial charge in [0.2, 0.25) is 0 Å². The molecule has 0 aliphatic carbocycles. The van der Waals surface area contributed by atoms with E-state index in [1.807, 2.05) is 12.4 Å². The number of pyridine rings is 1. The highest BCUT2D eigenvalue weighted by Crippen LogP contribution is 2.16. The summed E-state index contributed by atoms with van der Waals surface area (Å²) in [7, 11) is 0. The Bertz CT molecular complexity index is 365. The molecule has 0 aromatic carbocycles. The van der Waals surface area contributed by atoms with Crippen molar-refractivity contribution in [1.29, 1.82) is 0 Å². The molecule has 1 rings (SSSR count). The summed E-state index contributed by atoms with van der Waals surface area (Å²) in [5.41, 5.74) is 2.57. The molecule has 0 saturated carbocycles. The average Bonchev–Trinajstić information content (AvgIpc) is 2.38. The third-order valence-electron chi connectivity index (χ3n) is 3.45. The fourth-order valence-corrected chi connectivity index (χ4v) is 1.93. The maximum Gasteiger partial charge on any atom is 0.0416 e. The topological polar surface area (TPSA) is 37.0 Å². The first-order chi connectivity index (χ1) is 8.96. The quantitative estimate of drug-likeness (QED) is 0.785. The average molecular weight is 263 g/mol. The van der Waals surface area contributed by atoms with Crippen LogP contribution >= 0.6 is 0 Å². The second-order valence-electron chi connectivity index (χ2n) is 6.20. The molecule has 0 radical (unpaired) electrons. The monoisotopic (exact) mass is 263 g/mol. The normalized spacial score (nSPS) is 11.9. The van der Waals surface area contributed by atoms with E-state index in [-0.39, 0.29) is 5.54 Å². The molecule has 0 amide bonds. The molecule has 0 spiro atoms. The van der Waals surface area contributed by atoms with E-state index in [0.29, 0.717) is 0 Å². The van der Waals surface area contributed by atoms with Crippen LogP contribution in [0.4, 0.5) is 5.69 Å². The molecule has 1 heterocycles. The van der Waals surface area contributed by atoms with Crippen LogP contribution in [0.5, 0.6) is 0 Å². The Morgan fingerprint density at radius 2 is 1.89 bits per heavy atom. The Kier molecular flexibility index (Phi) is 6.29. The largest absolute Gasteiger partial charge is 0.384 e. The zero-order chi connectivity index (χ0) is 14.3. The molecule has 1 aromatic rings. The minimum atomic E-state index is 0.127. The lowest BCUT2D eigenvalue weighted by Gasteiger charge is -2.22. The molecule has 0 bridgehead atoms. The van der Waals surface area contributed by atoms with Crippen molar-refractivity contribution in [3.8, 4) is 0 Å². The lowest BCUT2D eigenvalue weighted by Crippen LogP contribution is -2.35. The standard InChI is InChI=1S/C16H29N3/c1-6-13(7-2)10-18-15-8-9-17-11-14(15)12-19-16(3,4)5/h8-9,11,13,19H,6-7,10,12H2,1-5H3,(H,17,18). The molecule has 0 aliphatic heterocycles. The Balaban J connectivity index is 2.62. The van der Waals surface area contributed by atoms with Crippen LogP contribution in [0.2, 0.25) is 0 Å². The van der Waals surface area contributed by atoms with Gasteiger partial charge in [0.1, 0.15) is 0 Å². The number of hydrogen-bond acceptors (Lipinski definition) is 3. The highest BCUT2D eigenvalue weighted by atomic mass is 15.0. The number of aromatic nitrogens is 1. The summed E-state index contributed by atoms with van der Waals surface area (Å²) in [6.45, 7) is 12.9. The van der Waals surface area contributed by atoms with Crippen LogP contribution in [0.25, 0.3) is 0 Å². The summed E-state index contributed by atoms with van der Waals surface area (Å²) in [5.74, 6) is 0.747. The second kappa shape index (κ2) is 7.49. The second-order valence-corrected chi connectivity index (χ2v) is 6.20. The SMILES string of the molecule is CCC(CC)CNc1ccncc1CNC(C)(C)C. The van der Waals surface area contributed by atoms with Crippen molar-refractivity contribution in [3.05, 3.63) is 24.0 Å². The van der Waals surface area contributed by atoms with E-state index in [4.69, 9.17) is 0 Å². The molecule has 0 atom stereocenters. The first kappa shape index (κ1) is 16.0. The zero-order valence-corrected chi connectivity index (χ0v) is 13.1. The summed E-state index contributed by atoms with van der Waals surface area (Å²) >= 11 is 0. The molecular formula is C16H29N3. The van der Waals surface area contributed by atoms with Crippen molar-refractivity contribution in [2.45, 2.75) is 59.5 Å². The Morgan fingerprint density at radius 3 is 2.47 bits per heavy atom. The van der Waals surface area contributed by atoms with E-state index in [1.54, 1.807) is 0 Å². The summed E-state index contributed by atoms with van der Waals surface area (Å²) in [6, 6.07) is 2.07. The van der Waals surface area contributed by atoms with E-state index in [9.17, 15) is 0 Å². The minimum absolute atomic E-state index is 0.127.